The van der Waals surface area contributed by atoms with E-state index in [1.165, 1.54) is 4.90 Å². The van der Waals surface area contributed by atoms with Crippen LogP contribution in [0.15, 0.2) is 47.7 Å². The van der Waals surface area contributed by atoms with Gasteiger partial charge < -0.3 is 15.0 Å². The van der Waals surface area contributed by atoms with Gasteiger partial charge in [-0.2, -0.15) is 0 Å². The van der Waals surface area contributed by atoms with Gasteiger partial charge in [-0.05, 0) is 37.3 Å². The van der Waals surface area contributed by atoms with Gasteiger partial charge >= 0.3 is 0 Å². The van der Waals surface area contributed by atoms with E-state index in [0.717, 1.165) is 30.7 Å². The number of imide groups is 1. The predicted molar refractivity (Wildman–Crippen MR) is 117 cm³/mol. The summed E-state index contributed by atoms with van der Waals surface area (Å²) >= 11 is 0. The molecule has 1 saturated heterocycles. The topological polar surface area (TPSA) is 91.1 Å². The van der Waals surface area contributed by atoms with E-state index >= 15 is 0 Å². The molecule has 8 nitrogen and oxygen atoms in total. The van der Waals surface area contributed by atoms with Crippen molar-refractivity contribution < 1.29 is 9.59 Å². The zero-order valence-corrected chi connectivity index (χ0v) is 17.7. The van der Waals surface area contributed by atoms with Crippen LogP contribution in [-0.4, -0.2) is 58.2 Å². The van der Waals surface area contributed by atoms with Gasteiger partial charge in [0.05, 0.1) is 17.5 Å². The maximum absolute atomic E-state index is 12.8. The molecule has 3 aliphatic rings. The SMILES string of the molecule is CCNC(=NCCc1cn2ccccc2n1)NCCN1C(=O)C2C3C=CC(C3)C2C1=O. The molecule has 2 bridgehead atoms. The number of pyridine rings is 1. The molecule has 2 fully saturated rings. The third-order valence-corrected chi connectivity index (χ3v) is 6.59. The van der Waals surface area contributed by atoms with Gasteiger partial charge in [0, 0.05) is 45.0 Å². The molecule has 2 aliphatic carbocycles. The van der Waals surface area contributed by atoms with Crippen molar-refractivity contribution in [3.63, 3.8) is 0 Å². The smallest absolute Gasteiger partial charge is 0.233 e. The van der Waals surface area contributed by atoms with Crippen molar-refractivity contribution in [2.75, 3.05) is 26.2 Å². The van der Waals surface area contributed by atoms with Gasteiger partial charge in [-0.1, -0.05) is 18.2 Å². The van der Waals surface area contributed by atoms with Gasteiger partial charge in [0.15, 0.2) is 5.96 Å². The number of guanidine groups is 1. The highest BCUT2D eigenvalue weighted by Crippen LogP contribution is 2.52. The summed E-state index contributed by atoms with van der Waals surface area (Å²) in [5, 5.41) is 6.48. The number of carbonyl (C=O) groups is 2. The Labute approximate surface area is 181 Å². The Morgan fingerprint density at radius 3 is 2.65 bits per heavy atom. The molecule has 0 radical (unpaired) electrons. The molecule has 0 aromatic carbocycles. The van der Waals surface area contributed by atoms with Crippen molar-refractivity contribution in [1.29, 1.82) is 0 Å². The highest BCUT2D eigenvalue weighted by molar-refractivity contribution is 6.06. The molecule has 2 amide bonds. The second-order valence-corrected chi connectivity index (χ2v) is 8.46. The lowest BCUT2D eigenvalue weighted by Gasteiger charge is -2.18. The summed E-state index contributed by atoms with van der Waals surface area (Å²) < 4.78 is 2.00. The van der Waals surface area contributed by atoms with Crippen LogP contribution >= 0.6 is 0 Å². The Kier molecular flexibility index (Phi) is 5.21. The largest absolute Gasteiger partial charge is 0.357 e. The lowest BCUT2D eigenvalue weighted by atomic mass is 9.85. The maximum atomic E-state index is 12.8. The standard InChI is InChI=1S/C23H28N6O2/c1-2-24-23(25-9-8-17-14-28-11-4-3-5-18(28)27-17)26-10-12-29-21(30)19-15-6-7-16(13-15)20(19)22(29)31/h3-7,11,14-16,19-20H,2,8-10,12-13H2,1H3,(H2,24,25,26). The monoisotopic (exact) mass is 420 g/mol. The van der Waals surface area contributed by atoms with Crippen molar-refractivity contribution in [2.45, 2.75) is 19.8 Å². The van der Waals surface area contributed by atoms with E-state index in [0.29, 0.717) is 25.6 Å². The Bertz CT molecular complexity index is 994. The first-order chi connectivity index (χ1) is 15.2. The number of rotatable bonds is 7. The van der Waals surface area contributed by atoms with Crippen molar-refractivity contribution in [3.8, 4) is 0 Å². The zero-order chi connectivity index (χ0) is 21.4. The van der Waals surface area contributed by atoms with E-state index in [1.54, 1.807) is 0 Å². The fraction of sp³-hybridized carbons (Fsp3) is 0.478. The molecule has 2 aromatic heterocycles. The van der Waals surface area contributed by atoms with E-state index in [1.807, 2.05) is 41.9 Å². The summed E-state index contributed by atoms with van der Waals surface area (Å²) in [5.74, 6) is 0.938. The number of nitrogens with zero attached hydrogens (tertiary/aromatic N) is 4. The van der Waals surface area contributed by atoms with Crippen molar-refractivity contribution in [3.05, 3.63) is 48.4 Å². The third-order valence-electron chi connectivity index (χ3n) is 6.59. The zero-order valence-electron chi connectivity index (χ0n) is 17.7. The summed E-state index contributed by atoms with van der Waals surface area (Å²) in [6.45, 7) is 4.21. The molecule has 2 N–H and O–H groups in total. The number of imidazole rings is 1. The second-order valence-electron chi connectivity index (χ2n) is 8.46. The molecule has 4 atom stereocenters. The van der Waals surface area contributed by atoms with Crippen molar-refractivity contribution in [2.24, 2.45) is 28.7 Å². The number of allylic oxidation sites excluding steroid dienone is 2. The summed E-state index contributed by atoms with van der Waals surface area (Å²) in [4.78, 5) is 36.2. The molecule has 5 rings (SSSR count). The molecule has 162 valence electrons. The first-order valence-electron chi connectivity index (χ1n) is 11.1. The molecule has 31 heavy (non-hydrogen) atoms. The Morgan fingerprint density at radius 1 is 1.16 bits per heavy atom. The molecular weight excluding hydrogens is 392 g/mol. The van der Waals surface area contributed by atoms with Gasteiger partial charge in [0.25, 0.3) is 0 Å². The first-order valence-corrected chi connectivity index (χ1v) is 11.1. The Hall–Kier alpha value is -3.16. The minimum atomic E-state index is -0.130. The van der Waals surface area contributed by atoms with E-state index in [2.05, 4.69) is 32.8 Å². The Balaban J connectivity index is 1.14. The fourth-order valence-electron chi connectivity index (χ4n) is 5.20. The number of hydrogen-bond donors (Lipinski definition) is 2. The number of fused-ring (bicyclic) bond motifs is 6. The van der Waals surface area contributed by atoms with Gasteiger partial charge in [0.1, 0.15) is 5.65 Å². The van der Waals surface area contributed by atoms with Crippen LogP contribution < -0.4 is 10.6 Å². The summed E-state index contributed by atoms with van der Waals surface area (Å²) in [6.07, 6.45) is 9.95. The van der Waals surface area contributed by atoms with Crippen LogP contribution in [0.2, 0.25) is 0 Å². The average Bonchev–Trinajstić information content (AvgIpc) is 3.52. The van der Waals surface area contributed by atoms with Crippen LogP contribution in [0, 0.1) is 23.7 Å². The van der Waals surface area contributed by atoms with E-state index in [-0.39, 0.29) is 35.5 Å². The molecule has 8 heteroatoms. The number of amides is 2. The average molecular weight is 421 g/mol. The third kappa shape index (κ3) is 3.60. The lowest BCUT2D eigenvalue weighted by molar-refractivity contribution is -0.140. The number of aromatic nitrogens is 2. The highest BCUT2D eigenvalue weighted by Gasteiger charge is 2.58. The van der Waals surface area contributed by atoms with E-state index in [9.17, 15) is 9.59 Å². The van der Waals surface area contributed by atoms with Crippen LogP contribution in [0.5, 0.6) is 0 Å². The van der Waals surface area contributed by atoms with Crippen LogP contribution in [0.3, 0.4) is 0 Å². The highest BCUT2D eigenvalue weighted by atomic mass is 16.2. The van der Waals surface area contributed by atoms with Crippen molar-refractivity contribution in [1.82, 2.24) is 24.9 Å². The number of nitrogens with one attached hydrogen (secondary N) is 2. The number of likely N-dealkylation sites (tertiary alicyclic amines) is 1. The molecule has 4 unspecified atom stereocenters. The first kappa shape index (κ1) is 19.8. The van der Waals surface area contributed by atoms with E-state index in [4.69, 9.17) is 0 Å². The van der Waals surface area contributed by atoms with Gasteiger partial charge in [-0.15, -0.1) is 0 Å². The molecular formula is C23H28N6O2. The Morgan fingerprint density at radius 2 is 1.94 bits per heavy atom. The minimum absolute atomic E-state index is 0.00226. The maximum Gasteiger partial charge on any atom is 0.233 e. The van der Waals surface area contributed by atoms with Crippen LogP contribution in [0.1, 0.15) is 19.0 Å². The normalized spacial score (nSPS) is 26.9. The van der Waals surface area contributed by atoms with Crippen LogP contribution in [0.4, 0.5) is 0 Å². The number of carbonyl (C=O) groups excluding carboxylic acids is 2. The predicted octanol–water partition coefficient (Wildman–Crippen LogP) is 1.24. The summed E-state index contributed by atoms with van der Waals surface area (Å²) in [7, 11) is 0. The van der Waals surface area contributed by atoms with Crippen molar-refractivity contribution >= 4 is 23.4 Å². The number of hydrogen-bond acceptors (Lipinski definition) is 4. The van der Waals surface area contributed by atoms with Crippen LogP contribution in [0.25, 0.3) is 5.65 Å². The molecule has 1 saturated carbocycles. The molecule has 0 spiro atoms. The summed E-state index contributed by atoms with van der Waals surface area (Å²) in [5.41, 5.74) is 1.92. The number of aliphatic imine (C=N–C) groups is 1. The second kappa shape index (κ2) is 8.17. The lowest BCUT2D eigenvalue weighted by Crippen LogP contribution is -2.43. The molecule has 1 aliphatic heterocycles. The minimum Gasteiger partial charge on any atom is -0.357 e. The quantitative estimate of drug-likeness (QED) is 0.304. The van der Waals surface area contributed by atoms with Gasteiger partial charge in [-0.25, -0.2) is 4.98 Å². The van der Waals surface area contributed by atoms with Crippen LogP contribution in [-0.2, 0) is 16.0 Å². The summed E-state index contributed by atoms with van der Waals surface area (Å²) in [6, 6.07) is 5.94. The molecule has 3 heterocycles. The van der Waals surface area contributed by atoms with Gasteiger partial charge in [-0.3, -0.25) is 19.5 Å². The van der Waals surface area contributed by atoms with Gasteiger partial charge in [0.2, 0.25) is 11.8 Å². The fourth-order valence-corrected chi connectivity index (χ4v) is 5.20. The van der Waals surface area contributed by atoms with E-state index < -0.39 is 0 Å². The molecule has 2 aromatic rings.